The van der Waals surface area contributed by atoms with E-state index in [1.807, 2.05) is 55.5 Å². The van der Waals surface area contributed by atoms with Crippen molar-refractivity contribution in [1.29, 1.82) is 0 Å². The maximum absolute atomic E-state index is 13.3. The quantitative estimate of drug-likeness (QED) is 0.510. The highest BCUT2D eigenvalue weighted by atomic mass is 35.5. The minimum Gasteiger partial charge on any atom is -0.490 e. The van der Waals surface area contributed by atoms with Crippen molar-refractivity contribution >= 4 is 17.3 Å². The standard InChI is InChI=1S/C22H21ClFNO2/c1-2-26-22-13-16(14-25-20-9-7-18(23)8-10-20)6-11-21(22)27-15-17-4-3-5-19(24)12-17/h3-13,25H,2,14-15H2,1H3. The lowest BCUT2D eigenvalue weighted by atomic mass is 10.2. The summed E-state index contributed by atoms with van der Waals surface area (Å²) < 4.78 is 24.8. The lowest BCUT2D eigenvalue weighted by Gasteiger charge is -2.14. The molecule has 0 saturated heterocycles. The molecule has 0 atom stereocenters. The van der Waals surface area contributed by atoms with Crippen LogP contribution < -0.4 is 14.8 Å². The second-order valence-electron chi connectivity index (χ2n) is 5.99. The molecular weight excluding hydrogens is 365 g/mol. The molecule has 27 heavy (non-hydrogen) atoms. The summed E-state index contributed by atoms with van der Waals surface area (Å²) in [4.78, 5) is 0. The number of nitrogens with one attached hydrogen (secondary N) is 1. The Hall–Kier alpha value is -2.72. The lowest BCUT2D eigenvalue weighted by molar-refractivity contribution is 0.269. The predicted octanol–water partition coefficient (Wildman–Crippen LogP) is 6.07. The van der Waals surface area contributed by atoms with Crippen LogP contribution >= 0.6 is 11.6 Å². The summed E-state index contributed by atoms with van der Waals surface area (Å²) in [6.45, 7) is 3.38. The summed E-state index contributed by atoms with van der Waals surface area (Å²) in [5, 5.41) is 4.05. The van der Waals surface area contributed by atoms with Crippen LogP contribution in [0.3, 0.4) is 0 Å². The van der Waals surface area contributed by atoms with Crippen molar-refractivity contribution in [3.63, 3.8) is 0 Å². The van der Waals surface area contributed by atoms with Gasteiger partial charge in [0, 0.05) is 17.3 Å². The molecule has 0 saturated carbocycles. The summed E-state index contributed by atoms with van der Waals surface area (Å²) in [6.07, 6.45) is 0. The third-order valence-electron chi connectivity index (χ3n) is 3.93. The van der Waals surface area contributed by atoms with Gasteiger partial charge < -0.3 is 14.8 Å². The highest BCUT2D eigenvalue weighted by molar-refractivity contribution is 6.30. The van der Waals surface area contributed by atoms with Crippen LogP contribution in [0.5, 0.6) is 11.5 Å². The van der Waals surface area contributed by atoms with E-state index in [-0.39, 0.29) is 12.4 Å². The molecule has 0 amide bonds. The van der Waals surface area contributed by atoms with Crippen LogP contribution in [0.1, 0.15) is 18.1 Å². The Balaban J connectivity index is 1.67. The molecule has 0 bridgehead atoms. The van der Waals surface area contributed by atoms with Crippen molar-refractivity contribution in [1.82, 2.24) is 0 Å². The Labute approximate surface area is 163 Å². The number of hydrogen-bond acceptors (Lipinski definition) is 3. The van der Waals surface area contributed by atoms with Gasteiger partial charge in [0.05, 0.1) is 6.61 Å². The SMILES string of the molecule is CCOc1cc(CNc2ccc(Cl)cc2)ccc1OCc1cccc(F)c1. The number of rotatable bonds is 8. The highest BCUT2D eigenvalue weighted by Crippen LogP contribution is 2.30. The first kappa shape index (κ1) is 19.1. The molecule has 3 aromatic carbocycles. The van der Waals surface area contributed by atoms with E-state index in [1.165, 1.54) is 12.1 Å². The van der Waals surface area contributed by atoms with Gasteiger partial charge in [0.2, 0.25) is 0 Å². The monoisotopic (exact) mass is 385 g/mol. The Morgan fingerprint density at radius 2 is 1.70 bits per heavy atom. The zero-order valence-electron chi connectivity index (χ0n) is 15.0. The fourth-order valence-electron chi connectivity index (χ4n) is 2.61. The largest absolute Gasteiger partial charge is 0.490 e. The van der Waals surface area contributed by atoms with Gasteiger partial charge in [-0.15, -0.1) is 0 Å². The van der Waals surface area contributed by atoms with Gasteiger partial charge in [0.1, 0.15) is 12.4 Å². The van der Waals surface area contributed by atoms with Gasteiger partial charge in [-0.05, 0) is 66.6 Å². The van der Waals surface area contributed by atoms with Crippen LogP contribution in [-0.2, 0) is 13.2 Å². The van der Waals surface area contributed by atoms with Crippen LogP contribution in [0.25, 0.3) is 0 Å². The Morgan fingerprint density at radius 3 is 2.44 bits per heavy atom. The molecule has 0 aliphatic carbocycles. The summed E-state index contributed by atoms with van der Waals surface area (Å²) in [7, 11) is 0. The summed E-state index contributed by atoms with van der Waals surface area (Å²) in [5.41, 5.74) is 2.82. The molecule has 0 radical (unpaired) electrons. The molecular formula is C22H21ClFNO2. The fraction of sp³-hybridized carbons (Fsp3) is 0.182. The second kappa shape index (κ2) is 9.28. The van der Waals surface area contributed by atoms with E-state index in [0.29, 0.717) is 29.7 Å². The molecule has 3 aromatic rings. The number of anilines is 1. The highest BCUT2D eigenvalue weighted by Gasteiger charge is 2.08. The topological polar surface area (TPSA) is 30.5 Å². The van der Waals surface area contributed by atoms with Crippen molar-refractivity contribution in [3.8, 4) is 11.5 Å². The third-order valence-corrected chi connectivity index (χ3v) is 4.18. The lowest BCUT2D eigenvalue weighted by Crippen LogP contribution is -2.03. The van der Waals surface area contributed by atoms with Gasteiger partial charge >= 0.3 is 0 Å². The molecule has 0 aliphatic rings. The van der Waals surface area contributed by atoms with Crippen LogP contribution in [-0.4, -0.2) is 6.61 Å². The molecule has 5 heteroatoms. The molecule has 0 spiro atoms. The Kier molecular flexibility index (Phi) is 6.55. The molecule has 0 heterocycles. The second-order valence-corrected chi connectivity index (χ2v) is 6.43. The predicted molar refractivity (Wildman–Crippen MR) is 107 cm³/mol. The summed E-state index contributed by atoms with van der Waals surface area (Å²) in [5.74, 6) is 1.03. The third kappa shape index (κ3) is 5.63. The van der Waals surface area contributed by atoms with Crippen LogP contribution in [0.15, 0.2) is 66.7 Å². The smallest absolute Gasteiger partial charge is 0.161 e. The minimum atomic E-state index is -0.273. The molecule has 140 valence electrons. The maximum atomic E-state index is 13.3. The van der Waals surface area contributed by atoms with Gasteiger partial charge in [0.25, 0.3) is 0 Å². The number of ether oxygens (including phenoxy) is 2. The summed E-state index contributed by atoms with van der Waals surface area (Å²) >= 11 is 5.91. The maximum Gasteiger partial charge on any atom is 0.161 e. The first-order valence-electron chi connectivity index (χ1n) is 8.76. The average Bonchev–Trinajstić information content (AvgIpc) is 2.67. The molecule has 3 rings (SSSR count). The van der Waals surface area contributed by atoms with Crippen LogP contribution in [0.4, 0.5) is 10.1 Å². The van der Waals surface area contributed by atoms with Crippen molar-refractivity contribution in [2.75, 3.05) is 11.9 Å². The molecule has 0 aromatic heterocycles. The fourth-order valence-corrected chi connectivity index (χ4v) is 2.74. The van der Waals surface area contributed by atoms with Gasteiger partial charge in [-0.1, -0.05) is 29.8 Å². The van der Waals surface area contributed by atoms with Gasteiger partial charge in [-0.2, -0.15) is 0 Å². The van der Waals surface area contributed by atoms with Crippen molar-refractivity contribution in [3.05, 3.63) is 88.7 Å². The molecule has 1 N–H and O–H groups in total. The summed E-state index contributed by atoms with van der Waals surface area (Å²) in [6, 6.07) is 19.7. The number of benzene rings is 3. The Bertz CT molecular complexity index is 884. The number of hydrogen-bond donors (Lipinski definition) is 1. The molecule has 0 aliphatic heterocycles. The van der Waals surface area contributed by atoms with Crippen LogP contribution in [0, 0.1) is 5.82 Å². The first-order valence-corrected chi connectivity index (χ1v) is 9.14. The van der Waals surface area contributed by atoms with E-state index in [0.717, 1.165) is 16.8 Å². The zero-order valence-corrected chi connectivity index (χ0v) is 15.8. The number of halogens is 2. The Morgan fingerprint density at radius 1 is 0.889 bits per heavy atom. The molecule has 0 fully saturated rings. The van der Waals surface area contributed by atoms with E-state index < -0.39 is 0 Å². The zero-order chi connectivity index (χ0) is 19.1. The van der Waals surface area contributed by atoms with E-state index >= 15 is 0 Å². The van der Waals surface area contributed by atoms with Crippen molar-refractivity contribution in [2.45, 2.75) is 20.1 Å². The van der Waals surface area contributed by atoms with Crippen LogP contribution in [0.2, 0.25) is 5.02 Å². The average molecular weight is 386 g/mol. The van der Waals surface area contributed by atoms with Gasteiger partial charge in [-0.25, -0.2) is 4.39 Å². The van der Waals surface area contributed by atoms with E-state index in [9.17, 15) is 4.39 Å². The normalized spacial score (nSPS) is 10.5. The van der Waals surface area contributed by atoms with Crippen molar-refractivity contribution < 1.29 is 13.9 Å². The van der Waals surface area contributed by atoms with Gasteiger partial charge in [-0.3, -0.25) is 0 Å². The first-order chi connectivity index (χ1) is 13.1. The van der Waals surface area contributed by atoms with Gasteiger partial charge in [0.15, 0.2) is 11.5 Å². The van der Waals surface area contributed by atoms with E-state index in [4.69, 9.17) is 21.1 Å². The van der Waals surface area contributed by atoms with E-state index in [2.05, 4.69) is 5.32 Å². The van der Waals surface area contributed by atoms with E-state index in [1.54, 1.807) is 6.07 Å². The molecule has 0 unspecified atom stereocenters. The minimum absolute atomic E-state index is 0.273. The van der Waals surface area contributed by atoms with Crippen molar-refractivity contribution in [2.24, 2.45) is 0 Å². The molecule has 3 nitrogen and oxygen atoms in total.